The Morgan fingerprint density at radius 3 is 3.00 bits per heavy atom. The van der Waals surface area contributed by atoms with Gasteiger partial charge in [0.15, 0.2) is 0 Å². The Labute approximate surface area is 119 Å². The van der Waals surface area contributed by atoms with Crippen LogP contribution in [0, 0.1) is 5.92 Å². The summed E-state index contributed by atoms with van der Waals surface area (Å²) in [6.45, 7) is 2.95. The van der Waals surface area contributed by atoms with E-state index in [9.17, 15) is 0 Å². The molecule has 2 heterocycles. The average molecular weight is 363 g/mol. The lowest BCUT2D eigenvalue weighted by Gasteiger charge is -2.34. The van der Waals surface area contributed by atoms with Gasteiger partial charge in [-0.25, -0.2) is 4.98 Å². The van der Waals surface area contributed by atoms with E-state index >= 15 is 0 Å². The van der Waals surface area contributed by atoms with Gasteiger partial charge in [-0.1, -0.05) is 0 Å². The largest absolute Gasteiger partial charge is 0.355 e. The molecule has 1 aromatic heterocycles. The van der Waals surface area contributed by atoms with Gasteiger partial charge < -0.3 is 10.6 Å². The molecule has 2 rings (SSSR count). The number of nitrogens with two attached hydrogens (primary N) is 1. The first-order chi connectivity index (χ1) is 8.20. The fourth-order valence-corrected chi connectivity index (χ4v) is 3.61. The van der Waals surface area contributed by atoms with Crippen LogP contribution in [0.15, 0.2) is 21.2 Å². The van der Waals surface area contributed by atoms with E-state index in [-0.39, 0.29) is 0 Å². The zero-order chi connectivity index (χ0) is 12.3. The van der Waals surface area contributed by atoms with Gasteiger partial charge in [-0.15, -0.1) is 0 Å². The fraction of sp³-hybridized carbons (Fsp3) is 0.583. The molecule has 2 N–H and O–H groups in total. The molecule has 0 spiro atoms. The number of rotatable bonds is 3. The van der Waals surface area contributed by atoms with Gasteiger partial charge in [-0.05, 0) is 69.7 Å². The van der Waals surface area contributed by atoms with E-state index in [4.69, 9.17) is 5.73 Å². The number of piperidine rings is 1. The first-order valence-corrected chi connectivity index (χ1v) is 7.55. The lowest BCUT2D eigenvalue weighted by atomic mass is 9.95. The van der Waals surface area contributed by atoms with Gasteiger partial charge in [0.25, 0.3) is 0 Å². The topological polar surface area (TPSA) is 42.1 Å². The third kappa shape index (κ3) is 3.42. The summed E-state index contributed by atoms with van der Waals surface area (Å²) >= 11 is 7.01. The Kier molecular flexibility index (Phi) is 4.82. The molecule has 0 aliphatic carbocycles. The highest BCUT2D eigenvalue weighted by molar-refractivity contribution is 9.11. The van der Waals surface area contributed by atoms with Crippen LogP contribution in [0.4, 0.5) is 5.82 Å². The van der Waals surface area contributed by atoms with Crippen LogP contribution in [-0.2, 0) is 0 Å². The predicted molar refractivity (Wildman–Crippen MR) is 78.2 cm³/mol. The fourth-order valence-electron chi connectivity index (χ4n) is 2.37. The van der Waals surface area contributed by atoms with Crippen LogP contribution < -0.4 is 10.6 Å². The van der Waals surface area contributed by atoms with Gasteiger partial charge in [0.1, 0.15) is 5.82 Å². The summed E-state index contributed by atoms with van der Waals surface area (Å²) in [4.78, 5) is 6.86. The Bertz CT molecular complexity index is 382. The van der Waals surface area contributed by atoms with Crippen LogP contribution in [0.2, 0.25) is 0 Å². The second-order valence-electron chi connectivity index (χ2n) is 4.49. The van der Waals surface area contributed by atoms with Crippen molar-refractivity contribution in [3.05, 3.63) is 21.2 Å². The first-order valence-electron chi connectivity index (χ1n) is 5.96. The highest BCUT2D eigenvalue weighted by atomic mass is 79.9. The van der Waals surface area contributed by atoms with E-state index in [2.05, 4.69) is 47.8 Å². The zero-order valence-electron chi connectivity index (χ0n) is 9.70. The summed E-state index contributed by atoms with van der Waals surface area (Å²) in [5, 5.41) is 0. The van der Waals surface area contributed by atoms with Crippen LogP contribution in [-0.4, -0.2) is 24.6 Å². The number of nitrogens with zero attached hydrogens (tertiary/aromatic N) is 2. The Morgan fingerprint density at radius 1 is 1.47 bits per heavy atom. The molecule has 1 atom stereocenters. The molecule has 17 heavy (non-hydrogen) atoms. The van der Waals surface area contributed by atoms with Gasteiger partial charge >= 0.3 is 0 Å². The van der Waals surface area contributed by atoms with Crippen molar-refractivity contribution in [3.63, 3.8) is 0 Å². The summed E-state index contributed by atoms with van der Waals surface area (Å²) in [7, 11) is 0. The number of anilines is 1. The molecule has 0 saturated carbocycles. The lowest BCUT2D eigenvalue weighted by molar-refractivity contribution is 0.394. The van der Waals surface area contributed by atoms with Crippen molar-refractivity contribution in [2.45, 2.75) is 19.3 Å². The number of hydrogen-bond donors (Lipinski definition) is 1. The van der Waals surface area contributed by atoms with Crippen LogP contribution in [0.5, 0.6) is 0 Å². The van der Waals surface area contributed by atoms with Crippen LogP contribution in [0.1, 0.15) is 19.3 Å². The molecule has 0 bridgehead atoms. The van der Waals surface area contributed by atoms with Crippen LogP contribution in [0.3, 0.4) is 0 Å². The van der Waals surface area contributed by atoms with E-state index in [1.807, 2.05) is 6.20 Å². The molecule has 1 aromatic rings. The van der Waals surface area contributed by atoms with E-state index < -0.39 is 0 Å². The minimum absolute atomic E-state index is 0.714. The number of halogens is 2. The van der Waals surface area contributed by atoms with Crippen molar-refractivity contribution in [3.8, 4) is 0 Å². The summed E-state index contributed by atoms with van der Waals surface area (Å²) in [5.41, 5.74) is 5.64. The van der Waals surface area contributed by atoms with Crippen LogP contribution in [0.25, 0.3) is 0 Å². The van der Waals surface area contributed by atoms with Crippen molar-refractivity contribution < 1.29 is 0 Å². The molecule has 1 aliphatic heterocycles. The van der Waals surface area contributed by atoms with E-state index in [1.165, 1.54) is 12.8 Å². The monoisotopic (exact) mass is 361 g/mol. The van der Waals surface area contributed by atoms with Gasteiger partial charge in [0.2, 0.25) is 0 Å². The molecule has 0 amide bonds. The minimum atomic E-state index is 0.714. The second kappa shape index (κ2) is 6.16. The molecule has 94 valence electrons. The van der Waals surface area contributed by atoms with Gasteiger partial charge in [-0.2, -0.15) is 0 Å². The standard InChI is InChI=1S/C12H17Br2N3/c13-10-6-11(14)12(16-7-10)17-5-1-2-9(8-17)3-4-15/h6-7,9H,1-5,8,15H2. The quantitative estimate of drug-likeness (QED) is 0.897. The average Bonchev–Trinajstić information content (AvgIpc) is 2.29. The molecular formula is C12H17Br2N3. The molecule has 1 saturated heterocycles. The third-order valence-corrected chi connectivity index (χ3v) is 4.20. The van der Waals surface area contributed by atoms with Crippen molar-refractivity contribution >= 4 is 37.7 Å². The van der Waals surface area contributed by atoms with Crippen molar-refractivity contribution in [2.24, 2.45) is 11.7 Å². The van der Waals surface area contributed by atoms with E-state index in [0.29, 0.717) is 5.92 Å². The van der Waals surface area contributed by atoms with Crippen molar-refractivity contribution in [1.29, 1.82) is 0 Å². The highest BCUT2D eigenvalue weighted by Crippen LogP contribution is 2.30. The van der Waals surface area contributed by atoms with Crippen molar-refractivity contribution in [1.82, 2.24) is 4.98 Å². The zero-order valence-corrected chi connectivity index (χ0v) is 12.9. The summed E-state index contributed by atoms with van der Waals surface area (Å²) in [5.74, 6) is 1.76. The lowest BCUT2D eigenvalue weighted by Crippen LogP contribution is -2.36. The summed E-state index contributed by atoms with van der Waals surface area (Å²) < 4.78 is 2.06. The molecule has 1 unspecified atom stereocenters. The maximum atomic E-state index is 5.64. The van der Waals surface area contributed by atoms with E-state index in [1.54, 1.807) is 0 Å². The smallest absolute Gasteiger partial charge is 0.142 e. The second-order valence-corrected chi connectivity index (χ2v) is 6.26. The van der Waals surface area contributed by atoms with E-state index in [0.717, 1.165) is 40.8 Å². The normalized spacial score (nSPS) is 20.6. The highest BCUT2D eigenvalue weighted by Gasteiger charge is 2.21. The third-order valence-electron chi connectivity index (χ3n) is 3.18. The molecule has 0 aromatic carbocycles. The molecular weight excluding hydrogens is 346 g/mol. The maximum Gasteiger partial charge on any atom is 0.142 e. The Balaban J connectivity index is 2.10. The number of pyridine rings is 1. The van der Waals surface area contributed by atoms with Crippen LogP contribution >= 0.6 is 31.9 Å². The predicted octanol–water partition coefficient (Wildman–Crippen LogP) is 3.17. The minimum Gasteiger partial charge on any atom is -0.355 e. The molecule has 5 heteroatoms. The number of aromatic nitrogens is 1. The molecule has 3 nitrogen and oxygen atoms in total. The molecule has 0 radical (unpaired) electrons. The number of hydrogen-bond acceptors (Lipinski definition) is 3. The van der Waals surface area contributed by atoms with Gasteiger partial charge in [-0.3, -0.25) is 0 Å². The SMILES string of the molecule is NCCC1CCCN(c2ncc(Br)cc2Br)C1. The molecule has 1 aliphatic rings. The summed E-state index contributed by atoms with van der Waals surface area (Å²) in [6, 6.07) is 2.05. The summed E-state index contributed by atoms with van der Waals surface area (Å²) in [6.07, 6.45) is 5.49. The maximum absolute atomic E-state index is 5.64. The molecule has 1 fully saturated rings. The van der Waals surface area contributed by atoms with Gasteiger partial charge in [0.05, 0.1) is 4.47 Å². The van der Waals surface area contributed by atoms with Gasteiger partial charge in [0, 0.05) is 23.8 Å². The Hall–Kier alpha value is -0.130. The Morgan fingerprint density at radius 2 is 2.29 bits per heavy atom. The van der Waals surface area contributed by atoms with Crippen molar-refractivity contribution in [2.75, 3.05) is 24.5 Å². The first kappa shape index (κ1) is 13.3.